The number of hydrogen-bond acceptors (Lipinski definition) is 6. The van der Waals surface area contributed by atoms with Gasteiger partial charge in [-0.3, -0.25) is 9.59 Å². The molecule has 1 aromatic carbocycles. The third kappa shape index (κ3) is 3.47. The highest BCUT2D eigenvalue weighted by atomic mass is 16.5. The fourth-order valence-corrected chi connectivity index (χ4v) is 2.07. The van der Waals surface area contributed by atoms with Gasteiger partial charge in [0.15, 0.2) is 11.5 Å². The van der Waals surface area contributed by atoms with E-state index < -0.39 is 17.8 Å². The van der Waals surface area contributed by atoms with Crippen molar-refractivity contribution in [2.75, 3.05) is 12.4 Å². The molecule has 1 amide bonds. The van der Waals surface area contributed by atoms with E-state index in [0.29, 0.717) is 11.3 Å². The van der Waals surface area contributed by atoms with Gasteiger partial charge in [-0.25, -0.2) is 9.48 Å². The predicted molar refractivity (Wildman–Crippen MR) is 86.4 cm³/mol. The first kappa shape index (κ1) is 16.2. The van der Waals surface area contributed by atoms with Crippen molar-refractivity contribution in [2.24, 2.45) is 0 Å². The Morgan fingerprint density at radius 3 is 2.52 bits per heavy atom. The minimum Gasteiger partial charge on any atom is -0.465 e. The summed E-state index contributed by atoms with van der Waals surface area (Å²) < 4.78 is 10.6. The van der Waals surface area contributed by atoms with Crippen molar-refractivity contribution in [3.8, 4) is 0 Å². The van der Waals surface area contributed by atoms with Crippen molar-refractivity contribution in [1.82, 2.24) is 9.78 Å². The molecule has 126 valence electrons. The number of nitrogens with one attached hydrogen (secondary N) is 1. The second-order valence-electron chi connectivity index (χ2n) is 4.95. The fraction of sp³-hybridized carbons (Fsp3) is 0.0588. The number of methoxy groups -OCH3 is 1. The number of carbonyl (C=O) groups excluding carboxylic acids is 3. The molecule has 3 rings (SSSR count). The number of anilines is 1. The van der Waals surface area contributed by atoms with Gasteiger partial charge in [0.25, 0.3) is 5.91 Å². The van der Waals surface area contributed by atoms with Crippen molar-refractivity contribution >= 4 is 23.5 Å². The predicted octanol–water partition coefficient (Wildman–Crippen LogP) is 2.20. The quantitative estimate of drug-likeness (QED) is 0.731. The van der Waals surface area contributed by atoms with E-state index in [-0.39, 0.29) is 11.5 Å². The molecule has 0 aliphatic heterocycles. The van der Waals surface area contributed by atoms with Gasteiger partial charge in [0, 0.05) is 11.9 Å². The van der Waals surface area contributed by atoms with Crippen LogP contribution in [-0.2, 0) is 4.74 Å². The Morgan fingerprint density at radius 1 is 1.12 bits per heavy atom. The number of aromatic nitrogens is 2. The lowest BCUT2D eigenvalue weighted by Crippen LogP contribution is -2.16. The molecule has 25 heavy (non-hydrogen) atoms. The molecule has 0 radical (unpaired) electrons. The number of esters is 1. The normalized spacial score (nSPS) is 10.3. The van der Waals surface area contributed by atoms with E-state index in [4.69, 9.17) is 4.42 Å². The zero-order valence-electron chi connectivity index (χ0n) is 13.1. The Hall–Kier alpha value is -3.68. The van der Waals surface area contributed by atoms with Crippen molar-refractivity contribution in [2.45, 2.75) is 0 Å². The summed E-state index contributed by atoms with van der Waals surface area (Å²) in [4.78, 5) is 35.6. The van der Waals surface area contributed by atoms with Crippen molar-refractivity contribution in [3.63, 3.8) is 0 Å². The third-order valence-electron chi connectivity index (χ3n) is 3.33. The lowest BCUT2D eigenvalue weighted by molar-refractivity contribution is 0.0600. The average Bonchev–Trinajstić information content (AvgIpc) is 3.33. The second-order valence-corrected chi connectivity index (χ2v) is 4.95. The first-order valence-electron chi connectivity index (χ1n) is 7.22. The van der Waals surface area contributed by atoms with Gasteiger partial charge >= 0.3 is 11.9 Å². The summed E-state index contributed by atoms with van der Waals surface area (Å²) in [7, 11) is 1.29. The number of ether oxygens (including phenoxy) is 1. The zero-order chi connectivity index (χ0) is 17.8. The van der Waals surface area contributed by atoms with E-state index in [9.17, 15) is 14.4 Å². The first-order chi connectivity index (χ1) is 12.1. The summed E-state index contributed by atoms with van der Waals surface area (Å²) in [6.07, 6.45) is 2.75. The topological polar surface area (TPSA) is 103 Å². The summed E-state index contributed by atoms with van der Waals surface area (Å²) in [5.74, 6) is -1.31. The Kier molecular flexibility index (Phi) is 4.42. The summed E-state index contributed by atoms with van der Waals surface area (Å²) in [6.45, 7) is 0. The van der Waals surface area contributed by atoms with Crippen LogP contribution in [0.4, 0.5) is 5.69 Å². The molecule has 8 nitrogen and oxygen atoms in total. The van der Waals surface area contributed by atoms with Crippen LogP contribution < -0.4 is 5.32 Å². The smallest absolute Gasteiger partial charge is 0.337 e. The van der Waals surface area contributed by atoms with Crippen LogP contribution in [0.3, 0.4) is 0 Å². The molecule has 0 saturated heterocycles. The number of amides is 1. The zero-order valence-corrected chi connectivity index (χ0v) is 13.1. The number of furan rings is 1. The molecule has 0 aliphatic carbocycles. The van der Waals surface area contributed by atoms with Crippen molar-refractivity contribution in [3.05, 3.63) is 71.9 Å². The maximum Gasteiger partial charge on any atom is 0.337 e. The third-order valence-corrected chi connectivity index (χ3v) is 3.33. The molecule has 0 spiro atoms. The average molecular weight is 339 g/mol. The summed E-state index contributed by atoms with van der Waals surface area (Å²) >= 11 is 0. The van der Waals surface area contributed by atoms with Gasteiger partial charge in [0.1, 0.15) is 0 Å². The number of benzene rings is 1. The van der Waals surface area contributed by atoms with Crippen molar-refractivity contribution in [1.29, 1.82) is 0 Å². The molecule has 3 aromatic rings. The second kappa shape index (κ2) is 6.83. The first-order valence-corrected chi connectivity index (χ1v) is 7.22. The number of carbonyl (C=O) groups is 3. The molecule has 0 unspecified atom stereocenters. The molecule has 0 bridgehead atoms. The summed E-state index contributed by atoms with van der Waals surface area (Å²) in [6, 6.07) is 10.7. The maximum atomic E-state index is 12.2. The van der Waals surface area contributed by atoms with Gasteiger partial charge in [-0.1, -0.05) is 0 Å². The molecule has 0 atom stereocenters. The monoisotopic (exact) mass is 339 g/mol. The standard InChI is InChI=1S/C17H13N3O5/c1-24-17(23)11-4-6-12(7-5-11)18-15(21)13-8-9-20(19-13)16(22)14-3-2-10-25-14/h2-10H,1H3,(H,18,21). The van der Waals surface area contributed by atoms with Crippen LogP contribution in [0.25, 0.3) is 0 Å². The fourth-order valence-electron chi connectivity index (χ4n) is 2.07. The molecular formula is C17H13N3O5. The van der Waals surface area contributed by atoms with Crippen LogP contribution in [-0.4, -0.2) is 34.7 Å². The highest BCUT2D eigenvalue weighted by Crippen LogP contribution is 2.12. The Morgan fingerprint density at radius 2 is 1.88 bits per heavy atom. The molecule has 2 heterocycles. The number of nitrogens with zero attached hydrogens (tertiary/aromatic N) is 2. The largest absolute Gasteiger partial charge is 0.465 e. The minimum atomic E-state index is -0.489. The van der Waals surface area contributed by atoms with Crippen LogP contribution in [0.1, 0.15) is 31.4 Å². The Balaban J connectivity index is 1.70. The van der Waals surface area contributed by atoms with Gasteiger partial charge < -0.3 is 14.5 Å². The van der Waals surface area contributed by atoms with Gasteiger partial charge in [-0.05, 0) is 42.5 Å². The van der Waals surface area contributed by atoms with Gasteiger partial charge in [-0.15, -0.1) is 0 Å². The molecule has 2 aromatic heterocycles. The van der Waals surface area contributed by atoms with Gasteiger partial charge in [0.2, 0.25) is 0 Å². The van der Waals surface area contributed by atoms with E-state index in [2.05, 4.69) is 15.2 Å². The van der Waals surface area contributed by atoms with Crippen LogP contribution >= 0.6 is 0 Å². The van der Waals surface area contributed by atoms with E-state index in [1.165, 1.54) is 43.8 Å². The Labute approximate surface area is 142 Å². The highest BCUT2D eigenvalue weighted by molar-refractivity contribution is 6.03. The molecule has 0 saturated carbocycles. The van der Waals surface area contributed by atoms with Crippen LogP contribution in [0, 0.1) is 0 Å². The SMILES string of the molecule is COC(=O)c1ccc(NC(=O)c2ccn(C(=O)c3ccco3)n2)cc1. The van der Waals surface area contributed by atoms with E-state index in [0.717, 1.165) is 4.68 Å². The van der Waals surface area contributed by atoms with Crippen LogP contribution in [0.2, 0.25) is 0 Å². The van der Waals surface area contributed by atoms with E-state index in [1.54, 1.807) is 18.2 Å². The molecule has 0 aliphatic rings. The summed E-state index contributed by atoms with van der Waals surface area (Å²) in [5, 5.41) is 6.57. The number of rotatable bonds is 4. The lowest BCUT2D eigenvalue weighted by atomic mass is 10.2. The molecule has 1 N–H and O–H groups in total. The van der Waals surface area contributed by atoms with E-state index in [1.807, 2.05) is 0 Å². The van der Waals surface area contributed by atoms with Crippen LogP contribution in [0.5, 0.6) is 0 Å². The lowest BCUT2D eigenvalue weighted by Gasteiger charge is -2.04. The highest BCUT2D eigenvalue weighted by Gasteiger charge is 2.16. The van der Waals surface area contributed by atoms with Gasteiger partial charge in [-0.2, -0.15) is 5.10 Å². The van der Waals surface area contributed by atoms with Crippen molar-refractivity contribution < 1.29 is 23.5 Å². The minimum absolute atomic E-state index is 0.0666. The van der Waals surface area contributed by atoms with Crippen LogP contribution in [0.15, 0.2) is 59.3 Å². The van der Waals surface area contributed by atoms with E-state index >= 15 is 0 Å². The van der Waals surface area contributed by atoms with Gasteiger partial charge in [0.05, 0.1) is 18.9 Å². The molecule has 0 fully saturated rings. The molecule has 8 heteroatoms. The molecular weight excluding hydrogens is 326 g/mol. The number of hydrogen-bond donors (Lipinski definition) is 1. The Bertz CT molecular complexity index is 910. The maximum absolute atomic E-state index is 12.2. The summed E-state index contributed by atoms with van der Waals surface area (Å²) in [5.41, 5.74) is 0.912.